The molecule has 0 N–H and O–H groups in total. The van der Waals surface area contributed by atoms with Crippen LogP contribution in [0, 0.1) is 0 Å². The first-order valence-corrected chi connectivity index (χ1v) is 36.9. The Balaban J connectivity index is 0.000000328. The van der Waals surface area contributed by atoms with Gasteiger partial charge in [0.2, 0.25) is 0 Å². The topological polar surface area (TPSA) is 34.1 Å². The van der Waals surface area contributed by atoms with Gasteiger partial charge in [-0.3, -0.25) is 13.6 Å². The molecule has 8 fully saturated rings. The molecule has 0 radical (unpaired) electrons. The summed E-state index contributed by atoms with van der Waals surface area (Å²) in [6.45, 7) is 6.50. The quantitative estimate of drug-likeness (QED) is 0.0919. The van der Waals surface area contributed by atoms with Crippen molar-refractivity contribution in [2.75, 3.05) is 0 Å². The van der Waals surface area contributed by atoms with E-state index in [4.69, 9.17) is 9.59 Å². The van der Waals surface area contributed by atoms with E-state index in [1.54, 1.807) is 103 Å². The molecule has 9 heteroatoms. The maximum absolute atomic E-state index is 7.75. The molecule has 2 nitrogen and oxygen atoms in total. The molecule has 0 amide bonds. The Kier molecular flexibility index (Phi) is 34.4. The predicted molar refractivity (Wildman–Crippen MR) is 326 cm³/mol. The van der Waals surface area contributed by atoms with E-state index in [0.717, 1.165) is 45.3 Å². The number of hydrogen-bond acceptors (Lipinski definition) is 4. The van der Waals surface area contributed by atoms with E-state index in [-0.39, 0.29) is 54.6 Å². The van der Waals surface area contributed by atoms with Crippen LogP contribution < -0.4 is 21.2 Å². The van der Waals surface area contributed by atoms with Crippen molar-refractivity contribution in [2.24, 2.45) is 0 Å². The summed E-state index contributed by atoms with van der Waals surface area (Å²) < 4.78 is 0. The first kappa shape index (κ1) is 65.2. The van der Waals surface area contributed by atoms with Crippen LogP contribution in [0.25, 0.3) is 0 Å². The van der Waals surface area contributed by atoms with Gasteiger partial charge in [0.1, 0.15) is 10.6 Å². The zero-order chi connectivity index (χ0) is 45.8. The molecule has 2 aromatic rings. The smallest absolute Gasteiger partial charge is 0.545 e. The molecule has 2 aromatic heterocycles. The third-order valence-corrected chi connectivity index (χ3v) is 36.2. The average Bonchev–Trinajstić information content (AvgIpc) is 4.09. The first-order chi connectivity index (χ1) is 32.8. The number of rotatable bonds is 12. The summed E-state index contributed by atoms with van der Waals surface area (Å²) in [5.41, 5.74) is 8.69. The summed E-state index contributed by atoms with van der Waals surface area (Å²) in [7, 11) is -0.636. The normalized spacial score (nSPS) is 23.3. The van der Waals surface area contributed by atoms with Crippen LogP contribution >= 0.6 is 54.4 Å². The molecule has 10 rings (SSSR count). The van der Waals surface area contributed by atoms with Crippen molar-refractivity contribution >= 4 is 89.2 Å². The van der Waals surface area contributed by atoms with Crippen molar-refractivity contribution in [3.8, 4) is 0 Å². The molecule has 0 saturated heterocycles. The second-order valence-electron chi connectivity index (χ2n) is 22.6. The standard InChI is InChI=1S/2C28H46P2S.2CHO.3CH4.Ni/c2*1-5-13-23(14-6-1)29(24-15-7-2-8-16-24)27-21-31-22-28(27)30(25-17-9-3-10-18-25)26-19-11-4-12-20-26;2*1-2;;;;/h2*21-26H,1-20H2;2*1H;3*1H4;/q;;2*-1;;;;+2/p+2. The van der Waals surface area contributed by atoms with Gasteiger partial charge < -0.3 is 9.59 Å². The maximum atomic E-state index is 7.75. The molecular weight excluding hydrogens is 1010 g/mol. The van der Waals surface area contributed by atoms with E-state index in [1.807, 2.05) is 21.2 Å². The SMILES string of the molecule is C.C.C.[CH-]=O.[CH-]=O.[Ni+2].c1scc(P(C2CCCCC2)C2CCCCC2)c1P(C1CCCCC1)C1CCCCC1.c1scc([PH+](C2CCCCC2)C2CCCCC2)c1[PH+](C1CCCCC1)C1CCCCC1. The second-order valence-corrected chi connectivity index (χ2v) is 35.7. The van der Waals surface area contributed by atoms with Crippen LogP contribution in [0.3, 0.4) is 0 Å². The summed E-state index contributed by atoms with van der Waals surface area (Å²) in [6.07, 6.45) is 61.7. The average molecular weight is 1120 g/mol. The Morgan fingerprint density at radius 2 is 0.500 bits per heavy atom. The first-order valence-electron chi connectivity index (χ1n) is 28.7. The van der Waals surface area contributed by atoms with Gasteiger partial charge in [-0.2, -0.15) is 11.3 Å². The summed E-state index contributed by atoms with van der Waals surface area (Å²) in [6, 6.07) is 0. The monoisotopic (exact) mass is 1120 g/mol. The Bertz CT molecular complexity index is 1280. The largest absolute Gasteiger partial charge is 2.00 e. The van der Waals surface area contributed by atoms with Crippen molar-refractivity contribution in [3.05, 3.63) is 21.5 Å². The second kappa shape index (κ2) is 36.9. The van der Waals surface area contributed by atoms with Gasteiger partial charge >= 0.3 is 16.5 Å². The van der Waals surface area contributed by atoms with Gasteiger partial charge in [0.15, 0.2) is 0 Å². The van der Waals surface area contributed by atoms with Gasteiger partial charge in [-0.1, -0.05) is 141 Å². The molecule has 2 heterocycles. The number of thiophene rings is 2. The van der Waals surface area contributed by atoms with Crippen LogP contribution in [0.1, 0.15) is 279 Å². The van der Waals surface area contributed by atoms with Crippen molar-refractivity contribution in [1.29, 1.82) is 0 Å². The van der Waals surface area contributed by atoms with Gasteiger partial charge in [-0.25, -0.2) is 0 Å². The van der Waals surface area contributed by atoms with E-state index in [9.17, 15) is 0 Å². The van der Waals surface area contributed by atoms with Gasteiger partial charge in [-0.05, 0) is 198 Å². The van der Waals surface area contributed by atoms with Crippen molar-refractivity contribution < 1.29 is 26.1 Å². The summed E-state index contributed by atoms with van der Waals surface area (Å²) in [5.74, 6) is 0. The molecule has 8 aliphatic carbocycles. The molecule has 0 atom stereocenters. The fourth-order valence-corrected chi connectivity index (χ4v) is 36.5. The van der Waals surface area contributed by atoms with E-state index in [0.29, 0.717) is 0 Å². The zero-order valence-corrected chi connectivity index (χ0v) is 48.6. The predicted octanol–water partition coefficient (Wildman–Crippen LogP) is 19.4. The van der Waals surface area contributed by atoms with Gasteiger partial charge in [0.05, 0.1) is 22.6 Å². The van der Waals surface area contributed by atoms with E-state index in [2.05, 4.69) is 57.8 Å². The molecule has 8 saturated carbocycles. The summed E-state index contributed by atoms with van der Waals surface area (Å²) in [5, 5.41) is 19.0. The molecule has 8 aliphatic rings. The fourth-order valence-electron chi connectivity index (χ4n) is 15.4. The van der Waals surface area contributed by atoms with Crippen LogP contribution in [-0.4, -0.2) is 58.9 Å². The molecule has 0 unspecified atom stereocenters. The molecule has 404 valence electrons. The van der Waals surface area contributed by atoms with Gasteiger partial charge in [0.25, 0.3) is 0 Å². The van der Waals surface area contributed by atoms with Crippen molar-refractivity contribution in [2.45, 2.75) is 324 Å². The van der Waals surface area contributed by atoms with Crippen molar-refractivity contribution in [1.82, 2.24) is 0 Å². The zero-order valence-electron chi connectivity index (χ0n) is 42.2. The Labute approximate surface area is 457 Å². The minimum absolute atomic E-state index is 0. The van der Waals surface area contributed by atoms with Crippen LogP contribution in [0.2, 0.25) is 0 Å². The van der Waals surface area contributed by atoms with Gasteiger partial charge in [-0.15, -0.1) is 11.3 Å². The third kappa shape index (κ3) is 18.0. The van der Waals surface area contributed by atoms with E-state index in [1.165, 1.54) is 154 Å². The third-order valence-electron chi connectivity index (χ3n) is 18.5. The Morgan fingerprint density at radius 1 is 0.314 bits per heavy atom. The van der Waals surface area contributed by atoms with Crippen LogP contribution in [-0.2, 0) is 26.1 Å². The Hall–Kier alpha value is 0.954. The fraction of sp³-hybridized carbons (Fsp3) is 0.836. The van der Waals surface area contributed by atoms with Crippen LogP contribution in [0.5, 0.6) is 0 Å². The summed E-state index contributed by atoms with van der Waals surface area (Å²) >= 11 is 4.24. The minimum atomic E-state index is -0.394. The maximum Gasteiger partial charge on any atom is 2.00 e. The van der Waals surface area contributed by atoms with E-state index >= 15 is 0 Å². The molecule has 70 heavy (non-hydrogen) atoms. The van der Waals surface area contributed by atoms with Gasteiger partial charge in [0, 0.05) is 26.6 Å². The van der Waals surface area contributed by atoms with Crippen LogP contribution in [0.15, 0.2) is 21.5 Å². The van der Waals surface area contributed by atoms with Crippen LogP contribution in [0.4, 0.5) is 0 Å². The number of hydrogen-bond donors (Lipinski definition) is 0. The molecule has 0 spiro atoms. The molecule has 0 aromatic carbocycles. The molecular formula is C61H108NiO2P4S2+2. The van der Waals surface area contributed by atoms with Crippen molar-refractivity contribution in [3.63, 3.8) is 0 Å². The molecule has 0 bridgehead atoms. The number of carbonyl (C=O) groups excluding carboxylic acids is 2. The minimum Gasteiger partial charge on any atom is -0.545 e. The Morgan fingerprint density at radius 3 is 0.714 bits per heavy atom. The molecule has 0 aliphatic heterocycles. The van der Waals surface area contributed by atoms with E-state index < -0.39 is 15.8 Å². The summed E-state index contributed by atoms with van der Waals surface area (Å²) in [4.78, 5) is 15.5.